The summed E-state index contributed by atoms with van der Waals surface area (Å²) in [5.74, 6) is 0.905. The Hall–Kier alpha value is -1.38. The Bertz CT molecular complexity index is 553. The van der Waals surface area contributed by atoms with E-state index >= 15 is 0 Å². The molecule has 0 spiro atoms. The highest BCUT2D eigenvalue weighted by Gasteiger charge is 2.09. The summed E-state index contributed by atoms with van der Waals surface area (Å²) in [5, 5.41) is 12.1. The van der Waals surface area contributed by atoms with E-state index in [9.17, 15) is 0 Å². The summed E-state index contributed by atoms with van der Waals surface area (Å²) >= 11 is 3.42. The molecule has 5 heteroatoms. The minimum Gasteiger partial charge on any atom is -0.319 e. The summed E-state index contributed by atoms with van der Waals surface area (Å²) in [7, 11) is 1.90. The Kier molecular flexibility index (Phi) is 3.22. The predicted octanol–water partition coefficient (Wildman–Crippen LogP) is 1.73. The highest BCUT2D eigenvalue weighted by Crippen LogP contribution is 2.17. The van der Waals surface area contributed by atoms with E-state index in [2.05, 4.69) is 32.3 Å². The van der Waals surface area contributed by atoms with Gasteiger partial charge >= 0.3 is 0 Å². The number of pyridine rings is 1. The van der Waals surface area contributed by atoms with Gasteiger partial charge in [-0.05, 0) is 35.1 Å². The Balaban J connectivity index is 2.56. The first kappa shape index (κ1) is 11.1. The normalized spacial score (nSPS) is 10.6. The first-order valence-corrected chi connectivity index (χ1v) is 5.76. The lowest BCUT2D eigenvalue weighted by molar-refractivity contribution is 0.752. The maximum Gasteiger partial charge on any atom is 0.166 e. The Morgan fingerprint density at radius 3 is 3.06 bits per heavy atom. The number of aromatic nitrogens is 2. The number of hydrogen-bond donors (Lipinski definition) is 1. The molecule has 1 N–H and O–H groups in total. The zero-order chi connectivity index (χ0) is 11.5. The fourth-order valence-corrected chi connectivity index (χ4v) is 1.95. The molecular weight excluding hydrogens is 268 g/mol. The number of nitrogens with zero attached hydrogens (tertiary/aromatic N) is 3. The van der Waals surface area contributed by atoms with Crippen LogP contribution in [0.5, 0.6) is 0 Å². The van der Waals surface area contributed by atoms with Crippen molar-refractivity contribution in [3.05, 3.63) is 34.3 Å². The quantitative estimate of drug-likeness (QED) is 0.931. The zero-order valence-corrected chi connectivity index (χ0v) is 10.5. The molecule has 82 valence electrons. The molecule has 0 unspecified atom stereocenters. The van der Waals surface area contributed by atoms with Crippen molar-refractivity contribution in [2.75, 3.05) is 13.6 Å². The molecule has 0 aliphatic carbocycles. The number of rotatable bonds is 3. The molecule has 0 radical (unpaired) electrons. The average Bonchev–Trinajstić information content (AvgIpc) is 2.64. The Morgan fingerprint density at radius 1 is 1.56 bits per heavy atom. The first-order valence-electron chi connectivity index (χ1n) is 4.97. The van der Waals surface area contributed by atoms with Crippen LogP contribution < -0.4 is 5.32 Å². The molecular formula is C11H11BrN4. The molecule has 0 saturated heterocycles. The molecule has 0 atom stereocenters. The highest BCUT2D eigenvalue weighted by atomic mass is 79.9. The number of likely N-dealkylation sites (N-methyl/N-ethyl adjacent to an activating group) is 1. The molecule has 2 heterocycles. The number of imidazole rings is 1. The van der Waals surface area contributed by atoms with Gasteiger partial charge in [-0.15, -0.1) is 0 Å². The minimum atomic E-state index is 0.485. The van der Waals surface area contributed by atoms with Gasteiger partial charge in [-0.25, -0.2) is 4.98 Å². The molecule has 0 aromatic carbocycles. The number of nitrogens with one attached hydrogen (secondary N) is 1. The topological polar surface area (TPSA) is 53.1 Å². The second kappa shape index (κ2) is 4.64. The van der Waals surface area contributed by atoms with Gasteiger partial charge in [0.25, 0.3) is 0 Å². The van der Waals surface area contributed by atoms with Gasteiger partial charge < -0.3 is 9.72 Å². The molecule has 0 saturated carbocycles. The molecule has 0 amide bonds. The third-order valence-electron chi connectivity index (χ3n) is 2.38. The zero-order valence-electron chi connectivity index (χ0n) is 8.87. The van der Waals surface area contributed by atoms with Crippen molar-refractivity contribution < 1.29 is 0 Å². The van der Waals surface area contributed by atoms with Crippen LogP contribution in [0.3, 0.4) is 0 Å². The van der Waals surface area contributed by atoms with Crippen LogP contribution in [0.1, 0.15) is 11.5 Å². The number of halogens is 1. The van der Waals surface area contributed by atoms with Crippen LogP contribution in [0.15, 0.2) is 22.8 Å². The van der Waals surface area contributed by atoms with Crippen LogP contribution in [-0.2, 0) is 6.42 Å². The van der Waals surface area contributed by atoms with E-state index in [1.165, 1.54) is 0 Å². The fourth-order valence-electron chi connectivity index (χ4n) is 1.62. The molecule has 0 bridgehead atoms. The van der Waals surface area contributed by atoms with E-state index < -0.39 is 0 Å². The number of fused-ring (bicyclic) bond motifs is 1. The lowest BCUT2D eigenvalue weighted by Gasteiger charge is -2.00. The summed E-state index contributed by atoms with van der Waals surface area (Å²) in [4.78, 5) is 4.33. The molecule has 2 aromatic rings. The van der Waals surface area contributed by atoms with E-state index in [4.69, 9.17) is 5.26 Å². The van der Waals surface area contributed by atoms with Crippen molar-refractivity contribution in [2.45, 2.75) is 6.42 Å². The number of hydrogen-bond acceptors (Lipinski definition) is 3. The van der Waals surface area contributed by atoms with Gasteiger partial charge in [0.05, 0.1) is 5.52 Å². The standard InChI is InChI=1S/C11H11BrN4/c1-14-5-4-11-15-9(6-13)10-3-2-8(12)7-16(10)11/h2-3,7,14H,4-5H2,1H3. The van der Waals surface area contributed by atoms with Crippen LogP contribution >= 0.6 is 15.9 Å². The van der Waals surface area contributed by atoms with Crippen molar-refractivity contribution >= 4 is 21.4 Å². The van der Waals surface area contributed by atoms with Gasteiger partial charge in [-0.2, -0.15) is 5.26 Å². The van der Waals surface area contributed by atoms with Crippen molar-refractivity contribution in [1.29, 1.82) is 5.26 Å². The van der Waals surface area contributed by atoms with Crippen LogP contribution in [0.25, 0.3) is 5.52 Å². The largest absolute Gasteiger partial charge is 0.319 e. The van der Waals surface area contributed by atoms with Gasteiger partial charge in [0.2, 0.25) is 0 Å². The van der Waals surface area contributed by atoms with E-state index in [0.29, 0.717) is 5.69 Å². The lowest BCUT2D eigenvalue weighted by atomic mass is 10.3. The molecule has 0 fully saturated rings. The second-order valence-electron chi connectivity index (χ2n) is 3.44. The summed E-state index contributed by atoms with van der Waals surface area (Å²) in [6.07, 6.45) is 2.74. The van der Waals surface area contributed by atoms with E-state index in [-0.39, 0.29) is 0 Å². The first-order chi connectivity index (χ1) is 7.76. The van der Waals surface area contributed by atoms with Crippen LogP contribution in [0.4, 0.5) is 0 Å². The smallest absolute Gasteiger partial charge is 0.166 e. The summed E-state index contributed by atoms with van der Waals surface area (Å²) in [6, 6.07) is 5.94. The van der Waals surface area contributed by atoms with Crippen molar-refractivity contribution in [2.24, 2.45) is 0 Å². The Labute approximate surface area is 102 Å². The molecule has 16 heavy (non-hydrogen) atoms. The second-order valence-corrected chi connectivity index (χ2v) is 4.36. The summed E-state index contributed by atoms with van der Waals surface area (Å²) in [6.45, 7) is 0.844. The van der Waals surface area contributed by atoms with Gasteiger partial charge in [0.1, 0.15) is 11.9 Å². The summed E-state index contributed by atoms with van der Waals surface area (Å²) < 4.78 is 2.94. The van der Waals surface area contributed by atoms with Crippen LogP contribution in [0, 0.1) is 11.3 Å². The maximum absolute atomic E-state index is 8.99. The molecule has 2 rings (SSSR count). The predicted molar refractivity (Wildman–Crippen MR) is 65.2 cm³/mol. The van der Waals surface area contributed by atoms with Crippen molar-refractivity contribution in [1.82, 2.24) is 14.7 Å². The molecule has 4 nitrogen and oxygen atoms in total. The van der Waals surface area contributed by atoms with E-state index in [0.717, 1.165) is 28.8 Å². The third kappa shape index (κ3) is 1.94. The summed E-state index contributed by atoms with van der Waals surface area (Å²) in [5.41, 5.74) is 1.34. The third-order valence-corrected chi connectivity index (χ3v) is 2.85. The van der Waals surface area contributed by atoms with Crippen molar-refractivity contribution in [3.63, 3.8) is 0 Å². The average molecular weight is 279 g/mol. The molecule has 2 aromatic heterocycles. The molecule has 0 aliphatic rings. The van der Waals surface area contributed by atoms with Gasteiger partial charge in [0, 0.05) is 23.6 Å². The van der Waals surface area contributed by atoms with Gasteiger partial charge in [0.15, 0.2) is 5.69 Å². The van der Waals surface area contributed by atoms with E-state index in [1.807, 2.05) is 29.8 Å². The van der Waals surface area contributed by atoms with Crippen molar-refractivity contribution in [3.8, 4) is 6.07 Å². The fraction of sp³-hybridized carbons (Fsp3) is 0.273. The van der Waals surface area contributed by atoms with Crippen LogP contribution in [-0.4, -0.2) is 23.0 Å². The van der Waals surface area contributed by atoms with E-state index in [1.54, 1.807) is 0 Å². The number of nitriles is 1. The lowest BCUT2D eigenvalue weighted by Crippen LogP contribution is -2.12. The van der Waals surface area contributed by atoms with Gasteiger partial charge in [-0.1, -0.05) is 0 Å². The van der Waals surface area contributed by atoms with Gasteiger partial charge in [-0.3, -0.25) is 0 Å². The molecule has 0 aliphatic heterocycles. The SMILES string of the molecule is CNCCc1nc(C#N)c2ccc(Br)cn12. The monoisotopic (exact) mass is 278 g/mol. The Morgan fingerprint density at radius 2 is 2.38 bits per heavy atom. The minimum absolute atomic E-state index is 0.485. The highest BCUT2D eigenvalue weighted by molar-refractivity contribution is 9.10. The van der Waals surface area contributed by atoms with Crippen LogP contribution in [0.2, 0.25) is 0 Å². The maximum atomic E-state index is 8.99.